The highest BCUT2D eigenvalue weighted by atomic mass is 19.2. The quantitative estimate of drug-likeness (QED) is 0.850. The Morgan fingerprint density at radius 3 is 2.56 bits per heavy atom. The molecule has 0 aliphatic heterocycles. The zero-order valence-electron chi connectivity index (χ0n) is 9.04. The third-order valence-corrected chi connectivity index (χ3v) is 2.02. The molecule has 1 amide bonds. The van der Waals surface area contributed by atoms with E-state index in [4.69, 9.17) is 10.4 Å². The van der Waals surface area contributed by atoms with E-state index in [2.05, 4.69) is 0 Å². The van der Waals surface area contributed by atoms with Gasteiger partial charge in [0.15, 0.2) is 11.6 Å². The van der Waals surface area contributed by atoms with Crippen molar-refractivity contribution < 1.29 is 23.5 Å². The topological polar surface area (TPSA) is 90.2 Å². The van der Waals surface area contributed by atoms with Gasteiger partial charge in [-0.25, -0.2) is 8.78 Å². The molecule has 7 heteroatoms. The van der Waals surface area contributed by atoms with Crippen LogP contribution in [0.25, 0.3) is 0 Å². The van der Waals surface area contributed by atoms with Crippen LogP contribution in [0.2, 0.25) is 0 Å². The van der Waals surface area contributed by atoms with Crippen molar-refractivity contribution in [1.82, 2.24) is 0 Å². The van der Waals surface area contributed by atoms with E-state index in [1.807, 2.05) is 5.32 Å². The first kappa shape index (κ1) is 13.6. The number of hydrogen-bond donors (Lipinski definition) is 2. The summed E-state index contributed by atoms with van der Waals surface area (Å²) < 4.78 is 26.9. The van der Waals surface area contributed by atoms with Crippen LogP contribution in [0, 0.1) is 23.0 Å². The number of hydrogen-bond acceptors (Lipinski definition) is 3. The molecule has 5 nitrogen and oxygen atoms in total. The first-order valence-corrected chi connectivity index (χ1v) is 4.81. The number of carboxylic acid groups (broad SMARTS) is 1. The predicted octanol–water partition coefficient (Wildman–Crippen LogP) is 1.44. The lowest BCUT2D eigenvalue weighted by Crippen LogP contribution is -2.13. The van der Waals surface area contributed by atoms with Crippen LogP contribution in [-0.4, -0.2) is 17.0 Å². The number of nitrogens with zero attached hydrogens (tertiary/aromatic N) is 1. The Bertz CT molecular complexity index is 538. The van der Waals surface area contributed by atoms with Gasteiger partial charge in [0.2, 0.25) is 5.91 Å². The second kappa shape index (κ2) is 5.72. The Morgan fingerprint density at radius 1 is 1.33 bits per heavy atom. The van der Waals surface area contributed by atoms with Crippen LogP contribution in [0.1, 0.15) is 12.0 Å². The van der Waals surface area contributed by atoms with E-state index < -0.39 is 42.0 Å². The Hall–Kier alpha value is -2.49. The third-order valence-electron chi connectivity index (χ3n) is 2.02. The predicted molar refractivity (Wildman–Crippen MR) is 56.6 cm³/mol. The van der Waals surface area contributed by atoms with Gasteiger partial charge in [0.1, 0.15) is 6.42 Å². The number of carboxylic acids is 1. The molecular formula is C11H8F2N2O3. The van der Waals surface area contributed by atoms with Gasteiger partial charge in [-0.05, 0) is 6.07 Å². The highest BCUT2D eigenvalue weighted by Gasteiger charge is 2.16. The lowest BCUT2D eigenvalue weighted by Gasteiger charge is -2.07. The fourth-order valence-corrected chi connectivity index (χ4v) is 1.25. The summed E-state index contributed by atoms with van der Waals surface area (Å²) in [5.74, 6) is -4.75. The van der Waals surface area contributed by atoms with Crippen molar-refractivity contribution in [2.24, 2.45) is 0 Å². The Labute approximate surface area is 101 Å². The van der Waals surface area contributed by atoms with Gasteiger partial charge in [0.05, 0.1) is 18.2 Å². The van der Waals surface area contributed by atoms with E-state index in [-0.39, 0.29) is 5.56 Å². The van der Waals surface area contributed by atoms with Crippen molar-refractivity contribution in [2.75, 3.05) is 5.32 Å². The molecule has 0 saturated heterocycles. The molecule has 0 aromatic heterocycles. The van der Waals surface area contributed by atoms with Crippen molar-refractivity contribution in [3.63, 3.8) is 0 Å². The second-order valence-corrected chi connectivity index (χ2v) is 3.35. The average molecular weight is 254 g/mol. The molecule has 0 atom stereocenters. The van der Waals surface area contributed by atoms with E-state index in [0.29, 0.717) is 0 Å². The van der Waals surface area contributed by atoms with Crippen molar-refractivity contribution in [2.45, 2.75) is 12.8 Å². The van der Waals surface area contributed by atoms with Crippen LogP contribution < -0.4 is 5.32 Å². The van der Waals surface area contributed by atoms with Crippen molar-refractivity contribution >= 4 is 17.6 Å². The molecule has 0 heterocycles. The van der Waals surface area contributed by atoms with Gasteiger partial charge in [-0.2, -0.15) is 5.26 Å². The number of carbonyl (C=O) groups is 2. The SMILES string of the molecule is N#CCC(=O)Nc1ccc(CC(=O)O)c(F)c1F. The number of benzene rings is 1. The molecule has 0 spiro atoms. The van der Waals surface area contributed by atoms with Gasteiger partial charge in [-0.15, -0.1) is 0 Å². The van der Waals surface area contributed by atoms with Crippen molar-refractivity contribution in [3.05, 3.63) is 29.3 Å². The molecule has 0 bridgehead atoms. The number of anilines is 1. The molecule has 0 radical (unpaired) electrons. The highest BCUT2D eigenvalue weighted by Crippen LogP contribution is 2.21. The zero-order valence-corrected chi connectivity index (χ0v) is 9.04. The minimum atomic E-state index is -1.35. The maximum Gasteiger partial charge on any atom is 0.307 e. The molecule has 0 unspecified atom stereocenters. The average Bonchev–Trinajstić information content (AvgIpc) is 2.29. The first-order chi connectivity index (χ1) is 8.45. The molecule has 1 aromatic rings. The van der Waals surface area contributed by atoms with E-state index in [0.717, 1.165) is 12.1 Å². The van der Waals surface area contributed by atoms with Crippen molar-refractivity contribution in [3.8, 4) is 6.07 Å². The van der Waals surface area contributed by atoms with Gasteiger partial charge in [-0.1, -0.05) is 6.07 Å². The van der Waals surface area contributed by atoms with Crippen LogP contribution in [0.15, 0.2) is 12.1 Å². The number of carbonyl (C=O) groups excluding carboxylic acids is 1. The van der Waals surface area contributed by atoms with E-state index in [1.165, 1.54) is 0 Å². The number of rotatable bonds is 4. The molecular weight excluding hydrogens is 246 g/mol. The summed E-state index contributed by atoms with van der Waals surface area (Å²) in [4.78, 5) is 21.4. The summed E-state index contributed by atoms with van der Waals surface area (Å²) in [6.07, 6.45) is -1.15. The van der Waals surface area contributed by atoms with Crippen molar-refractivity contribution in [1.29, 1.82) is 5.26 Å². The molecule has 0 fully saturated rings. The van der Waals surface area contributed by atoms with E-state index >= 15 is 0 Å². The smallest absolute Gasteiger partial charge is 0.307 e. The van der Waals surface area contributed by atoms with Gasteiger partial charge in [0.25, 0.3) is 0 Å². The maximum atomic E-state index is 13.4. The number of halogens is 2. The van der Waals surface area contributed by atoms with Gasteiger partial charge in [0, 0.05) is 5.56 Å². The van der Waals surface area contributed by atoms with E-state index in [1.54, 1.807) is 6.07 Å². The summed E-state index contributed by atoms with van der Waals surface area (Å²) in [6, 6.07) is 3.66. The largest absolute Gasteiger partial charge is 0.481 e. The molecule has 0 saturated carbocycles. The summed E-state index contributed by atoms with van der Waals surface area (Å²) >= 11 is 0. The van der Waals surface area contributed by atoms with Gasteiger partial charge >= 0.3 is 5.97 Å². The number of nitriles is 1. The fraction of sp³-hybridized carbons (Fsp3) is 0.182. The zero-order chi connectivity index (χ0) is 13.7. The lowest BCUT2D eigenvalue weighted by molar-refractivity contribution is -0.136. The normalized spacial score (nSPS) is 9.61. The molecule has 94 valence electrons. The number of amides is 1. The molecule has 0 aliphatic carbocycles. The van der Waals surface area contributed by atoms with E-state index in [9.17, 15) is 18.4 Å². The van der Waals surface area contributed by atoms with Crippen LogP contribution >= 0.6 is 0 Å². The summed E-state index contributed by atoms with van der Waals surface area (Å²) in [5.41, 5.74) is -0.750. The molecule has 1 rings (SSSR count). The Morgan fingerprint density at radius 2 is 2.00 bits per heavy atom. The summed E-state index contributed by atoms with van der Waals surface area (Å²) in [6.45, 7) is 0. The van der Waals surface area contributed by atoms with Crippen LogP contribution in [0.5, 0.6) is 0 Å². The van der Waals surface area contributed by atoms with Gasteiger partial charge < -0.3 is 10.4 Å². The Balaban J connectivity index is 2.98. The fourth-order valence-electron chi connectivity index (χ4n) is 1.25. The Kier molecular flexibility index (Phi) is 4.32. The van der Waals surface area contributed by atoms with Crippen LogP contribution in [-0.2, 0) is 16.0 Å². The minimum Gasteiger partial charge on any atom is -0.481 e. The van der Waals surface area contributed by atoms with Crippen LogP contribution in [0.4, 0.5) is 14.5 Å². The second-order valence-electron chi connectivity index (χ2n) is 3.35. The monoisotopic (exact) mass is 254 g/mol. The van der Waals surface area contributed by atoms with Gasteiger partial charge in [-0.3, -0.25) is 9.59 Å². The molecule has 0 aliphatic rings. The standard InChI is InChI=1S/C11H8F2N2O3/c12-10-6(5-9(17)18)1-2-7(11(10)13)15-8(16)3-4-14/h1-2H,3,5H2,(H,15,16)(H,17,18). The first-order valence-electron chi connectivity index (χ1n) is 4.81. The van der Waals surface area contributed by atoms with Crippen LogP contribution in [0.3, 0.4) is 0 Å². The summed E-state index contributed by atoms with van der Waals surface area (Å²) in [5, 5.41) is 18.7. The summed E-state index contributed by atoms with van der Waals surface area (Å²) in [7, 11) is 0. The maximum absolute atomic E-state index is 13.4. The number of nitrogens with one attached hydrogen (secondary N) is 1. The highest BCUT2D eigenvalue weighted by molar-refractivity contribution is 5.92. The minimum absolute atomic E-state index is 0.321. The lowest BCUT2D eigenvalue weighted by atomic mass is 10.1. The number of aliphatic carboxylic acids is 1. The third kappa shape index (κ3) is 3.25. The molecule has 2 N–H and O–H groups in total. The molecule has 1 aromatic carbocycles. The molecule has 18 heavy (non-hydrogen) atoms.